The van der Waals surface area contributed by atoms with Gasteiger partial charge in [0, 0.05) is 11.8 Å². The Balaban J connectivity index is 1.83. The molecule has 2 amide bonds. The molecule has 1 aromatic carbocycles. The van der Waals surface area contributed by atoms with Crippen LogP contribution < -0.4 is 16.6 Å². The number of amides is 2. The van der Waals surface area contributed by atoms with Crippen LogP contribution in [-0.4, -0.2) is 27.7 Å². The molecule has 27 heavy (non-hydrogen) atoms. The second-order valence-corrected chi connectivity index (χ2v) is 8.33. The van der Waals surface area contributed by atoms with Crippen LogP contribution in [0.2, 0.25) is 0 Å². The summed E-state index contributed by atoms with van der Waals surface area (Å²) in [5, 5.41) is 12.8. The molecule has 3 aromatic rings. The number of aromatic nitrogens is 1. The number of pyridine rings is 1. The Morgan fingerprint density at radius 3 is 2.52 bits per heavy atom. The van der Waals surface area contributed by atoms with E-state index in [2.05, 4.69) is 10.3 Å². The van der Waals surface area contributed by atoms with Crippen molar-refractivity contribution in [2.75, 3.05) is 11.1 Å². The molecule has 2 heterocycles. The van der Waals surface area contributed by atoms with Crippen molar-refractivity contribution < 1.29 is 14.7 Å². The van der Waals surface area contributed by atoms with Gasteiger partial charge in [-0.1, -0.05) is 6.07 Å². The number of hydrogen-bond acceptors (Lipinski definition) is 6. The van der Waals surface area contributed by atoms with Gasteiger partial charge in [-0.2, -0.15) is 0 Å². The van der Waals surface area contributed by atoms with Crippen molar-refractivity contribution in [2.24, 2.45) is 5.73 Å². The number of aromatic hydroxyl groups is 1. The fraction of sp³-hybridized carbons (Fsp3) is 0.167. The average molecular weight is 403 g/mol. The van der Waals surface area contributed by atoms with E-state index >= 15 is 0 Å². The smallest absolute Gasteiger partial charge is 0.252 e. The van der Waals surface area contributed by atoms with Crippen LogP contribution in [0.4, 0.5) is 5.69 Å². The van der Waals surface area contributed by atoms with E-state index in [1.807, 2.05) is 32.0 Å². The maximum Gasteiger partial charge on any atom is 0.252 e. The normalized spacial score (nSPS) is 10.9. The number of carbonyl (C=O) groups is 2. The second-order valence-electron chi connectivity index (χ2n) is 6.06. The minimum atomic E-state index is -0.736. The molecule has 0 fully saturated rings. The molecular weight excluding hydrogens is 386 g/mol. The van der Waals surface area contributed by atoms with Gasteiger partial charge in [-0.3, -0.25) is 14.4 Å². The predicted molar refractivity (Wildman–Crippen MR) is 108 cm³/mol. The topological polar surface area (TPSA) is 125 Å². The molecule has 0 aliphatic heterocycles. The summed E-state index contributed by atoms with van der Waals surface area (Å²) in [6.45, 7) is 3.89. The number of fused-ring (bicyclic) bond motifs is 1. The van der Waals surface area contributed by atoms with Gasteiger partial charge >= 0.3 is 0 Å². The summed E-state index contributed by atoms with van der Waals surface area (Å²) >= 11 is 2.23. The van der Waals surface area contributed by atoms with E-state index in [0.717, 1.165) is 40.3 Å². The summed E-state index contributed by atoms with van der Waals surface area (Å²) in [7, 11) is 0. The van der Waals surface area contributed by atoms with Crippen LogP contribution >= 0.6 is 23.1 Å². The highest BCUT2D eigenvalue weighted by atomic mass is 32.2. The number of primary amides is 1. The zero-order valence-electron chi connectivity index (χ0n) is 14.6. The lowest BCUT2D eigenvalue weighted by Crippen LogP contribution is -2.16. The summed E-state index contributed by atoms with van der Waals surface area (Å²) in [6, 6.07) is 6.78. The van der Waals surface area contributed by atoms with Crippen LogP contribution in [0.25, 0.3) is 10.2 Å². The number of benzene rings is 1. The molecule has 140 valence electrons. The van der Waals surface area contributed by atoms with Gasteiger partial charge in [-0.15, -0.1) is 23.1 Å². The maximum atomic E-state index is 12.3. The number of anilines is 1. The van der Waals surface area contributed by atoms with Crippen molar-refractivity contribution in [3.63, 3.8) is 0 Å². The van der Waals surface area contributed by atoms with E-state index in [1.54, 1.807) is 0 Å². The Hall–Kier alpha value is -2.78. The monoisotopic (exact) mass is 403 g/mol. The van der Waals surface area contributed by atoms with Gasteiger partial charge in [-0.05, 0) is 37.1 Å². The fourth-order valence-corrected chi connectivity index (χ4v) is 5.01. The molecule has 0 saturated heterocycles. The fourth-order valence-electron chi connectivity index (χ4n) is 2.76. The van der Waals surface area contributed by atoms with Crippen LogP contribution in [0, 0.1) is 13.8 Å². The molecule has 0 bridgehead atoms. The number of nitrogens with one attached hydrogen (secondary N) is 2. The average Bonchev–Trinajstić information content (AvgIpc) is 2.90. The first kappa shape index (κ1) is 19.0. The number of aryl methyl sites for hydroxylation is 2. The van der Waals surface area contributed by atoms with Crippen molar-refractivity contribution in [2.45, 2.75) is 18.1 Å². The number of thiophene rings is 1. The minimum absolute atomic E-state index is 0.0467. The zero-order chi connectivity index (χ0) is 19.7. The van der Waals surface area contributed by atoms with E-state index < -0.39 is 11.5 Å². The highest BCUT2D eigenvalue weighted by Gasteiger charge is 2.21. The highest BCUT2D eigenvalue weighted by Crippen LogP contribution is 2.40. The van der Waals surface area contributed by atoms with Gasteiger partial charge in [0.25, 0.3) is 11.5 Å². The lowest BCUT2D eigenvalue weighted by atomic mass is 10.1. The van der Waals surface area contributed by atoms with Crippen LogP contribution in [0.1, 0.15) is 21.5 Å². The van der Waals surface area contributed by atoms with Crippen LogP contribution in [0.3, 0.4) is 0 Å². The number of H-pyrrole nitrogens is 1. The van der Waals surface area contributed by atoms with Crippen molar-refractivity contribution >= 4 is 50.8 Å². The minimum Gasteiger partial charge on any atom is -0.506 e. The summed E-state index contributed by atoms with van der Waals surface area (Å²) in [5.41, 5.74) is 7.97. The van der Waals surface area contributed by atoms with E-state index in [4.69, 9.17) is 5.73 Å². The highest BCUT2D eigenvalue weighted by molar-refractivity contribution is 8.02. The van der Waals surface area contributed by atoms with E-state index in [-0.39, 0.29) is 28.5 Å². The van der Waals surface area contributed by atoms with Crippen molar-refractivity contribution in [1.29, 1.82) is 0 Å². The molecule has 5 N–H and O–H groups in total. The molecule has 9 heteroatoms. The Morgan fingerprint density at radius 2 is 1.89 bits per heavy atom. The molecule has 7 nitrogen and oxygen atoms in total. The number of nitrogens with two attached hydrogens (primary N) is 1. The van der Waals surface area contributed by atoms with E-state index in [9.17, 15) is 19.5 Å². The van der Waals surface area contributed by atoms with Crippen LogP contribution in [-0.2, 0) is 4.79 Å². The zero-order valence-corrected chi connectivity index (χ0v) is 16.2. The third-order valence-electron chi connectivity index (χ3n) is 3.71. The van der Waals surface area contributed by atoms with Gasteiger partial charge < -0.3 is 21.1 Å². The lowest BCUT2D eigenvalue weighted by Gasteiger charge is -2.07. The SMILES string of the molecule is Cc1cc(C)cc(NC(=O)CSc2sc3c(O)cc(=O)[nH]c3c2C(N)=O)c1. The Morgan fingerprint density at radius 1 is 1.22 bits per heavy atom. The maximum absolute atomic E-state index is 12.3. The van der Waals surface area contributed by atoms with Crippen molar-refractivity contribution in [3.05, 3.63) is 51.3 Å². The largest absolute Gasteiger partial charge is 0.506 e. The molecule has 0 aliphatic carbocycles. The Bertz CT molecular complexity index is 1100. The summed E-state index contributed by atoms with van der Waals surface area (Å²) in [6.07, 6.45) is 0. The molecule has 3 rings (SSSR count). The molecule has 2 aromatic heterocycles. The van der Waals surface area contributed by atoms with Crippen LogP contribution in [0.15, 0.2) is 33.3 Å². The first-order valence-corrected chi connectivity index (χ1v) is 9.74. The summed E-state index contributed by atoms with van der Waals surface area (Å²) in [5.74, 6) is -1.16. The first-order valence-electron chi connectivity index (χ1n) is 7.94. The summed E-state index contributed by atoms with van der Waals surface area (Å²) in [4.78, 5) is 38.2. The summed E-state index contributed by atoms with van der Waals surface area (Å²) < 4.78 is 0.811. The number of rotatable bonds is 5. The molecule has 0 saturated carbocycles. The van der Waals surface area contributed by atoms with E-state index in [1.165, 1.54) is 0 Å². The number of hydrogen-bond donors (Lipinski definition) is 4. The molecule has 0 unspecified atom stereocenters. The molecular formula is C18H17N3O4S2. The Labute approximate surface area is 162 Å². The quantitative estimate of drug-likeness (QED) is 0.488. The standard InChI is InChI=1S/C18H17N3O4S2/c1-8-3-9(2)5-10(4-8)20-13(24)7-26-18-14(17(19)25)15-16(27-18)11(22)6-12(23)21-15/h3-6H,7H2,1-2H3,(H2,19,25)(H,20,24)(H2,21,22,23). The number of aromatic amines is 1. The number of carbonyl (C=O) groups excluding carboxylic acids is 2. The molecule has 0 atom stereocenters. The third-order valence-corrected chi connectivity index (χ3v) is 6.19. The van der Waals surface area contributed by atoms with Gasteiger partial charge in [0.15, 0.2) is 0 Å². The molecule has 0 radical (unpaired) electrons. The second kappa shape index (κ2) is 7.45. The van der Waals surface area contributed by atoms with Crippen molar-refractivity contribution in [3.8, 4) is 5.75 Å². The lowest BCUT2D eigenvalue weighted by molar-refractivity contribution is -0.113. The van der Waals surface area contributed by atoms with Crippen LogP contribution in [0.5, 0.6) is 5.75 Å². The predicted octanol–water partition coefficient (Wildman–Crippen LogP) is 2.74. The van der Waals surface area contributed by atoms with Gasteiger partial charge in [0.05, 0.1) is 25.7 Å². The number of thioether (sulfide) groups is 1. The Kier molecular flexibility index (Phi) is 5.24. The van der Waals surface area contributed by atoms with Gasteiger partial charge in [0.2, 0.25) is 5.91 Å². The van der Waals surface area contributed by atoms with Gasteiger partial charge in [0.1, 0.15) is 5.75 Å². The van der Waals surface area contributed by atoms with Crippen molar-refractivity contribution in [1.82, 2.24) is 4.98 Å². The third kappa shape index (κ3) is 4.15. The first-order chi connectivity index (χ1) is 12.7. The molecule has 0 aliphatic rings. The van der Waals surface area contributed by atoms with E-state index in [0.29, 0.717) is 14.6 Å². The molecule has 0 spiro atoms. The van der Waals surface area contributed by atoms with Gasteiger partial charge in [-0.25, -0.2) is 0 Å².